The van der Waals surface area contributed by atoms with E-state index in [1.54, 1.807) is 0 Å². The monoisotopic (exact) mass is 834 g/mol. The Morgan fingerprint density at radius 1 is 0.385 bits per heavy atom. The second-order valence-electron chi connectivity index (χ2n) is 17.2. The summed E-state index contributed by atoms with van der Waals surface area (Å²) in [5, 5.41) is 1.98. The highest BCUT2D eigenvalue weighted by molar-refractivity contribution is 6.12. The maximum atomic E-state index is 6.63. The first kappa shape index (κ1) is 38.3. The van der Waals surface area contributed by atoms with E-state index in [4.69, 9.17) is 19.4 Å². The molecule has 2 heterocycles. The Bertz CT molecular complexity index is 3490. The van der Waals surface area contributed by atoms with Crippen LogP contribution in [0.15, 0.2) is 223 Å². The maximum absolute atomic E-state index is 6.63. The largest absolute Gasteiger partial charge is 0.456 e. The van der Waals surface area contributed by atoms with Gasteiger partial charge in [0.15, 0.2) is 17.5 Å². The van der Waals surface area contributed by atoms with Crippen LogP contribution >= 0.6 is 0 Å². The van der Waals surface area contributed by atoms with Crippen molar-refractivity contribution in [2.75, 3.05) is 4.90 Å². The van der Waals surface area contributed by atoms with Gasteiger partial charge in [-0.15, -0.1) is 0 Å². The highest BCUT2D eigenvalue weighted by Gasteiger charge is 2.37. The van der Waals surface area contributed by atoms with Crippen molar-refractivity contribution in [1.29, 1.82) is 0 Å². The first-order valence-corrected chi connectivity index (χ1v) is 22.1. The van der Waals surface area contributed by atoms with Gasteiger partial charge in [0, 0.05) is 49.8 Å². The Balaban J connectivity index is 0.944. The number of aromatic nitrogens is 3. The summed E-state index contributed by atoms with van der Waals surface area (Å²) in [6.07, 6.45) is 0. The lowest BCUT2D eigenvalue weighted by molar-refractivity contribution is 0.660. The zero-order valence-corrected chi connectivity index (χ0v) is 36.0. The summed E-state index contributed by atoms with van der Waals surface area (Å²) in [6, 6.07) is 76.8. The van der Waals surface area contributed by atoms with Crippen LogP contribution in [0.5, 0.6) is 0 Å². The van der Waals surface area contributed by atoms with Crippen molar-refractivity contribution in [3.05, 3.63) is 230 Å². The average Bonchev–Trinajstić information content (AvgIpc) is 3.87. The van der Waals surface area contributed by atoms with Crippen LogP contribution in [-0.2, 0) is 5.41 Å². The molecule has 0 aliphatic heterocycles. The number of fused-ring (bicyclic) bond motifs is 6. The predicted octanol–water partition coefficient (Wildman–Crippen LogP) is 15.9. The van der Waals surface area contributed by atoms with Crippen LogP contribution in [0.1, 0.15) is 25.0 Å². The summed E-state index contributed by atoms with van der Waals surface area (Å²) < 4.78 is 6.63. The van der Waals surface area contributed by atoms with E-state index < -0.39 is 0 Å². The van der Waals surface area contributed by atoms with E-state index in [1.807, 2.05) is 72.8 Å². The SMILES string of the molecule is CC1(C)c2ccccc2-c2c(N(c3ccc(-c4ccccc4)cc3)c3ccc(-c4ccc5c(c4)oc4cccc(-c6nc(-c7ccccc7)nc(-c7ccccc7)n6)c45)cc3)cccc21. The number of rotatable bonds is 8. The number of anilines is 3. The maximum Gasteiger partial charge on any atom is 0.164 e. The van der Waals surface area contributed by atoms with Crippen LogP contribution in [0, 0.1) is 0 Å². The summed E-state index contributed by atoms with van der Waals surface area (Å²) in [4.78, 5) is 17.4. The number of nitrogens with zero attached hydrogens (tertiary/aromatic N) is 4. The molecule has 0 atom stereocenters. The number of furan rings is 1. The van der Waals surface area contributed by atoms with Crippen LogP contribution in [0.3, 0.4) is 0 Å². The second-order valence-corrected chi connectivity index (χ2v) is 17.2. The van der Waals surface area contributed by atoms with Crippen LogP contribution < -0.4 is 4.90 Å². The van der Waals surface area contributed by atoms with Gasteiger partial charge in [0.2, 0.25) is 0 Å². The molecule has 0 saturated heterocycles. The molecule has 0 saturated carbocycles. The van der Waals surface area contributed by atoms with E-state index in [-0.39, 0.29) is 5.41 Å². The normalized spacial score (nSPS) is 12.6. The molecule has 0 fully saturated rings. The molecule has 0 unspecified atom stereocenters. The molecule has 0 radical (unpaired) electrons. The van der Waals surface area contributed by atoms with E-state index >= 15 is 0 Å². The summed E-state index contributed by atoms with van der Waals surface area (Å²) in [5.41, 5.74) is 17.4. The molecule has 5 heteroatoms. The standard InChI is InChI=1S/C60H42N4O/c1-60(2)50-24-13-12-22-47(50)56-51(60)25-15-26-52(56)64(45-33-28-40(29-34-45)39-16-6-3-7-17-39)46-35-30-41(31-36-46)44-32-37-48-54(38-44)65-53-27-14-23-49(55(48)53)59-62-57(42-18-8-4-9-19-42)61-58(63-59)43-20-10-5-11-21-43/h3-38H,1-2H3. The Labute approximate surface area is 378 Å². The third-order valence-electron chi connectivity index (χ3n) is 13.0. The molecule has 0 amide bonds. The third kappa shape index (κ3) is 6.59. The van der Waals surface area contributed by atoms with Crippen molar-refractivity contribution in [1.82, 2.24) is 15.0 Å². The van der Waals surface area contributed by atoms with Gasteiger partial charge in [0.1, 0.15) is 11.2 Å². The van der Waals surface area contributed by atoms with Crippen LogP contribution in [0.25, 0.3) is 89.5 Å². The zero-order chi connectivity index (χ0) is 43.5. The molecule has 1 aliphatic rings. The summed E-state index contributed by atoms with van der Waals surface area (Å²) >= 11 is 0. The van der Waals surface area contributed by atoms with Gasteiger partial charge < -0.3 is 9.32 Å². The molecule has 5 nitrogen and oxygen atoms in total. The molecular weight excluding hydrogens is 793 g/mol. The molecule has 0 N–H and O–H groups in total. The van der Waals surface area contributed by atoms with Gasteiger partial charge in [0.05, 0.1) is 5.69 Å². The molecule has 308 valence electrons. The summed E-state index contributed by atoms with van der Waals surface area (Å²) in [6.45, 7) is 4.68. The van der Waals surface area contributed by atoms with Gasteiger partial charge >= 0.3 is 0 Å². The lowest BCUT2D eigenvalue weighted by Crippen LogP contribution is -2.16. The molecular formula is C60H42N4O. The zero-order valence-electron chi connectivity index (χ0n) is 36.0. The molecule has 9 aromatic carbocycles. The third-order valence-corrected chi connectivity index (χ3v) is 13.0. The van der Waals surface area contributed by atoms with Gasteiger partial charge in [-0.1, -0.05) is 184 Å². The quantitative estimate of drug-likeness (QED) is 0.153. The fourth-order valence-corrected chi connectivity index (χ4v) is 9.71. The molecule has 65 heavy (non-hydrogen) atoms. The topological polar surface area (TPSA) is 55.1 Å². The molecule has 2 aromatic heterocycles. The minimum Gasteiger partial charge on any atom is -0.456 e. The number of hydrogen-bond donors (Lipinski definition) is 0. The predicted molar refractivity (Wildman–Crippen MR) is 267 cm³/mol. The molecule has 11 aromatic rings. The van der Waals surface area contributed by atoms with Crippen LogP contribution in [-0.4, -0.2) is 15.0 Å². The highest BCUT2D eigenvalue weighted by Crippen LogP contribution is 2.54. The van der Waals surface area contributed by atoms with Crippen molar-refractivity contribution in [2.24, 2.45) is 0 Å². The van der Waals surface area contributed by atoms with Crippen molar-refractivity contribution in [3.8, 4) is 67.5 Å². The summed E-state index contributed by atoms with van der Waals surface area (Å²) in [5.74, 6) is 1.84. The lowest BCUT2D eigenvalue weighted by Gasteiger charge is -2.29. The van der Waals surface area contributed by atoms with Crippen LogP contribution in [0.2, 0.25) is 0 Å². The minimum absolute atomic E-state index is 0.119. The number of benzene rings is 9. The highest BCUT2D eigenvalue weighted by atomic mass is 16.3. The Kier molecular flexibility index (Phi) is 9.09. The first-order valence-electron chi connectivity index (χ1n) is 22.1. The van der Waals surface area contributed by atoms with E-state index in [0.717, 1.165) is 66.8 Å². The smallest absolute Gasteiger partial charge is 0.164 e. The van der Waals surface area contributed by atoms with E-state index in [9.17, 15) is 0 Å². The molecule has 12 rings (SSSR count). The van der Waals surface area contributed by atoms with Gasteiger partial charge in [-0.2, -0.15) is 0 Å². The summed E-state index contributed by atoms with van der Waals surface area (Å²) in [7, 11) is 0. The Hall–Kier alpha value is -8.41. The molecule has 1 aliphatic carbocycles. The van der Waals surface area contributed by atoms with E-state index in [0.29, 0.717) is 17.5 Å². The van der Waals surface area contributed by atoms with Crippen molar-refractivity contribution in [2.45, 2.75) is 19.3 Å². The van der Waals surface area contributed by atoms with Gasteiger partial charge in [-0.25, -0.2) is 15.0 Å². The fourth-order valence-electron chi connectivity index (χ4n) is 9.71. The van der Waals surface area contributed by atoms with Crippen molar-refractivity contribution >= 4 is 39.0 Å². The van der Waals surface area contributed by atoms with E-state index in [1.165, 1.54) is 33.4 Å². The average molecular weight is 835 g/mol. The second kappa shape index (κ2) is 15.4. The van der Waals surface area contributed by atoms with Crippen molar-refractivity contribution in [3.63, 3.8) is 0 Å². The lowest BCUT2D eigenvalue weighted by atomic mass is 9.82. The van der Waals surface area contributed by atoms with Gasteiger partial charge in [-0.05, 0) is 87.5 Å². The van der Waals surface area contributed by atoms with E-state index in [2.05, 4.69) is 164 Å². The van der Waals surface area contributed by atoms with Gasteiger partial charge in [0.25, 0.3) is 0 Å². The Morgan fingerprint density at radius 2 is 0.877 bits per heavy atom. The van der Waals surface area contributed by atoms with Crippen LogP contribution in [0.4, 0.5) is 17.1 Å². The first-order chi connectivity index (χ1) is 32.0. The number of hydrogen-bond acceptors (Lipinski definition) is 5. The molecule has 0 spiro atoms. The molecule has 0 bridgehead atoms. The Morgan fingerprint density at radius 3 is 1.52 bits per heavy atom. The fraction of sp³-hybridized carbons (Fsp3) is 0.0500. The van der Waals surface area contributed by atoms with Crippen molar-refractivity contribution < 1.29 is 4.42 Å². The minimum atomic E-state index is -0.119. The van der Waals surface area contributed by atoms with Gasteiger partial charge in [-0.3, -0.25) is 0 Å².